The van der Waals surface area contributed by atoms with Crippen molar-refractivity contribution >= 4 is 0 Å². The number of nitriles is 1. The summed E-state index contributed by atoms with van der Waals surface area (Å²) in [5, 5.41) is 8.95. The van der Waals surface area contributed by atoms with Crippen molar-refractivity contribution < 1.29 is 0 Å². The first-order chi connectivity index (χ1) is 6.40. The molecule has 1 aliphatic carbocycles. The Bertz CT molecular complexity index is 306. The zero-order valence-electron chi connectivity index (χ0n) is 7.61. The second-order valence-electron chi connectivity index (χ2n) is 3.76. The molecule has 2 rings (SSSR count). The van der Waals surface area contributed by atoms with Crippen LogP contribution in [0.3, 0.4) is 0 Å². The molecule has 0 spiro atoms. The number of hydrogen-bond donors (Lipinski definition) is 0. The van der Waals surface area contributed by atoms with E-state index in [1.54, 1.807) is 0 Å². The van der Waals surface area contributed by atoms with E-state index in [4.69, 9.17) is 5.26 Å². The molecule has 1 aliphatic rings. The number of hydrogen-bond acceptors (Lipinski definition) is 1. The molecule has 0 aromatic heterocycles. The fourth-order valence-electron chi connectivity index (χ4n) is 1.68. The molecule has 1 saturated carbocycles. The maximum Gasteiger partial charge on any atom is 0.0662 e. The summed E-state index contributed by atoms with van der Waals surface area (Å²) in [5.41, 5.74) is 1.29. The molecule has 1 aromatic carbocycles. The van der Waals surface area contributed by atoms with E-state index in [1.807, 2.05) is 18.2 Å². The summed E-state index contributed by atoms with van der Waals surface area (Å²) >= 11 is 0. The number of rotatable bonds is 3. The van der Waals surface area contributed by atoms with Crippen LogP contribution in [0.2, 0.25) is 0 Å². The van der Waals surface area contributed by atoms with Crippen LogP contribution in [0.4, 0.5) is 0 Å². The fraction of sp³-hybridized carbons (Fsp3) is 0.417. The molecule has 0 bridgehead atoms. The summed E-state index contributed by atoms with van der Waals surface area (Å²) in [6, 6.07) is 12.7. The summed E-state index contributed by atoms with van der Waals surface area (Å²) < 4.78 is 0. The van der Waals surface area contributed by atoms with E-state index < -0.39 is 0 Å². The molecule has 1 aromatic rings. The molecule has 13 heavy (non-hydrogen) atoms. The van der Waals surface area contributed by atoms with Gasteiger partial charge in [0.1, 0.15) is 0 Å². The second-order valence-corrected chi connectivity index (χ2v) is 3.76. The highest BCUT2D eigenvalue weighted by molar-refractivity contribution is 5.17. The van der Waals surface area contributed by atoms with Gasteiger partial charge in [-0.25, -0.2) is 0 Å². The molecule has 1 heteroatoms. The van der Waals surface area contributed by atoms with Crippen molar-refractivity contribution in [2.45, 2.75) is 19.3 Å². The van der Waals surface area contributed by atoms with E-state index >= 15 is 0 Å². The van der Waals surface area contributed by atoms with Crippen molar-refractivity contribution in [1.82, 2.24) is 0 Å². The zero-order valence-corrected chi connectivity index (χ0v) is 7.61. The minimum absolute atomic E-state index is 0.252. The maximum atomic E-state index is 8.95. The minimum atomic E-state index is 0.252. The number of nitrogens with zero attached hydrogens (tertiary/aromatic N) is 1. The molecule has 0 N–H and O–H groups in total. The molecule has 0 aliphatic heterocycles. The van der Waals surface area contributed by atoms with Crippen LogP contribution < -0.4 is 0 Å². The lowest BCUT2D eigenvalue weighted by Crippen LogP contribution is -2.03. The van der Waals surface area contributed by atoms with Gasteiger partial charge in [0.2, 0.25) is 0 Å². The van der Waals surface area contributed by atoms with E-state index in [0.29, 0.717) is 5.92 Å². The van der Waals surface area contributed by atoms with Crippen LogP contribution in [-0.2, 0) is 6.42 Å². The van der Waals surface area contributed by atoms with Gasteiger partial charge in [0.25, 0.3) is 0 Å². The molecule has 0 saturated heterocycles. The van der Waals surface area contributed by atoms with Gasteiger partial charge >= 0.3 is 0 Å². The second kappa shape index (κ2) is 3.62. The molecule has 1 fully saturated rings. The van der Waals surface area contributed by atoms with Crippen molar-refractivity contribution in [3.05, 3.63) is 35.9 Å². The standard InChI is InChI=1S/C12H13N/c13-9-12(11-6-7-11)8-10-4-2-1-3-5-10/h1-5,11-12H,6-8H2/t12-/m1/s1. The van der Waals surface area contributed by atoms with E-state index in [1.165, 1.54) is 18.4 Å². The molecule has 0 amide bonds. The Morgan fingerprint density at radius 1 is 1.31 bits per heavy atom. The number of benzene rings is 1. The van der Waals surface area contributed by atoms with Crippen molar-refractivity contribution in [2.24, 2.45) is 11.8 Å². The topological polar surface area (TPSA) is 23.8 Å². The normalized spacial score (nSPS) is 17.8. The van der Waals surface area contributed by atoms with Crippen LogP contribution in [0.25, 0.3) is 0 Å². The molecule has 0 heterocycles. The first kappa shape index (κ1) is 8.31. The zero-order chi connectivity index (χ0) is 9.10. The van der Waals surface area contributed by atoms with Crippen molar-refractivity contribution in [3.63, 3.8) is 0 Å². The maximum absolute atomic E-state index is 8.95. The van der Waals surface area contributed by atoms with Crippen molar-refractivity contribution in [3.8, 4) is 6.07 Å². The Kier molecular flexibility index (Phi) is 2.31. The summed E-state index contributed by atoms with van der Waals surface area (Å²) in [6.07, 6.45) is 3.44. The first-order valence-electron chi connectivity index (χ1n) is 4.83. The molecule has 0 radical (unpaired) electrons. The van der Waals surface area contributed by atoms with E-state index in [-0.39, 0.29) is 5.92 Å². The third kappa shape index (κ3) is 2.09. The monoisotopic (exact) mass is 171 g/mol. The van der Waals surface area contributed by atoms with Gasteiger partial charge in [-0.2, -0.15) is 5.26 Å². The van der Waals surface area contributed by atoms with E-state index in [2.05, 4.69) is 18.2 Å². The molecule has 0 unspecified atom stereocenters. The Morgan fingerprint density at radius 3 is 2.54 bits per heavy atom. The van der Waals surface area contributed by atoms with Crippen LogP contribution in [-0.4, -0.2) is 0 Å². The van der Waals surface area contributed by atoms with Crippen molar-refractivity contribution in [1.29, 1.82) is 5.26 Å². The van der Waals surface area contributed by atoms with Crippen LogP contribution >= 0.6 is 0 Å². The molecular formula is C12H13N. The highest BCUT2D eigenvalue weighted by Crippen LogP contribution is 2.37. The van der Waals surface area contributed by atoms with Gasteiger partial charge in [-0.1, -0.05) is 30.3 Å². The molecular weight excluding hydrogens is 158 g/mol. The van der Waals surface area contributed by atoms with Crippen LogP contribution in [0.15, 0.2) is 30.3 Å². The summed E-state index contributed by atoms with van der Waals surface area (Å²) in [4.78, 5) is 0. The Labute approximate surface area is 79.0 Å². The van der Waals surface area contributed by atoms with Gasteiger partial charge in [0.15, 0.2) is 0 Å². The predicted molar refractivity (Wildman–Crippen MR) is 52.0 cm³/mol. The average Bonchev–Trinajstić information content (AvgIpc) is 2.99. The highest BCUT2D eigenvalue weighted by Gasteiger charge is 2.30. The van der Waals surface area contributed by atoms with Crippen LogP contribution in [0.1, 0.15) is 18.4 Å². The van der Waals surface area contributed by atoms with Gasteiger partial charge < -0.3 is 0 Å². The quantitative estimate of drug-likeness (QED) is 0.686. The summed E-state index contributed by atoms with van der Waals surface area (Å²) in [6.45, 7) is 0. The van der Waals surface area contributed by atoms with Gasteiger partial charge in [-0.3, -0.25) is 0 Å². The van der Waals surface area contributed by atoms with Gasteiger partial charge in [-0.15, -0.1) is 0 Å². The summed E-state index contributed by atoms with van der Waals surface area (Å²) in [5.74, 6) is 0.938. The Hall–Kier alpha value is -1.29. The van der Waals surface area contributed by atoms with Gasteiger partial charge in [0.05, 0.1) is 12.0 Å². The Balaban J connectivity index is 2.00. The SMILES string of the molecule is N#C[C@@H](Cc1ccccc1)C1CC1. The van der Waals surface area contributed by atoms with E-state index in [0.717, 1.165) is 6.42 Å². The third-order valence-electron chi connectivity index (χ3n) is 2.66. The van der Waals surface area contributed by atoms with Crippen LogP contribution in [0, 0.1) is 23.2 Å². The summed E-state index contributed by atoms with van der Waals surface area (Å²) in [7, 11) is 0. The van der Waals surface area contributed by atoms with Crippen molar-refractivity contribution in [2.75, 3.05) is 0 Å². The lowest BCUT2D eigenvalue weighted by molar-refractivity contribution is 0.579. The largest absolute Gasteiger partial charge is 0.198 e. The Morgan fingerprint density at radius 2 is 2.00 bits per heavy atom. The van der Waals surface area contributed by atoms with E-state index in [9.17, 15) is 0 Å². The van der Waals surface area contributed by atoms with Crippen LogP contribution in [0.5, 0.6) is 0 Å². The average molecular weight is 171 g/mol. The van der Waals surface area contributed by atoms with Gasteiger partial charge in [-0.05, 0) is 30.7 Å². The third-order valence-corrected chi connectivity index (χ3v) is 2.66. The predicted octanol–water partition coefficient (Wildman–Crippen LogP) is 2.78. The van der Waals surface area contributed by atoms with Gasteiger partial charge in [0, 0.05) is 0 Å². The smallest absolute Gasteiger partial charge is 0.0662 e. The minimum Gasteiger partial charge on any atom is -0.198 e. The lowest BCUT2D eigenvalue weighted by atomic mass is 9.96. The molecule has 1 nitrogen and oxygen atoms in total. The highest BCUT2D eigenvalue weighted by atomic mass is 14.4. The fourth-order valence-corrected chi connectivity index (χ4v) is 1.68. The molecule has 66 valence electrons. The lowest BCUT2D eigenvalue weighted by Gasteiger charge is -2.06. The molecule has 1 atom stereocenters. The first-order valence-corrected chi connectivity index (χ1v) is 4.83.